The van der Waals surface area contributed by atoms with Crippen molar-refractivity contribution in [3.63, 3.8) is 0 Å². The Morgan fingerprint density at radius 3 is 1.50 bits per heavy atom. The van der Waals surface area contributed by atoms with Gasteiger partial charge in [0.1, 0.15) is 0 Å². The van der Waals surface area contributed by atoms with E-state index < -0.39 is 0 Å². The van der Waals surface area contributed by atoms with E-state index in [1.165, 1.54) is 5.25 Å². The molecule has 38 valence electrons. The Morgan fingerprint density at radius 2 is 1.50 bits per heavy atom. The molecule has 0 aliphatic carbocycles. The molecule has 0 atom stereocenters. The maximum absolute atomic E-state index is 3.36. The van der Waals surface area contributed by atoms with Crippen molar-refractivity contribution in [3.05, 3.63) is 0 Å². The molecule has 0 aromatic carbocycles. The predicted molar refractivity (Wildman–Crippen MR) is 44.3 cm³/mol. The van der Waals surface area contributed by atoms with Gasteiger partial charge in [-0.3, -0.25) is 0 Å². The van der Waals surface area contributed by atoms with E-state index in [0.717, 1.165) is 16.5 Å². The van der Waals surface area contributed by atoms with Crippen molar-refractivity contribution in [2.75, 3.05) is 0 Å². The molecule has 0 aliphatic heterocycles. The summed E-state index contributed by atoms with van der Waals surface area (Å²) in [4.78, 5) is 0. The van der Waals surface area contributed by atoms with E-state index in [2.05, 4.69) is 47.8 Å². The Bertz CT molecular complexity index is 38.5. The average molecular weight is 341 g/mol. The Kier molecular flexibility index (Phi) is 4.12. The molecule has 0 rings (SSSR count). The molecule has 0 aliphatic rings. The normalized spacial score (nSPS) is 12.5. The molecule has 0 saturated heterocycles. The molecule has 0 saturated carbocycles. The molecule has 4 heteroatoms. The summed E-state index contributed by atoms with van der Waals surface area (Å²) >= 11 is 11.0. The van der Waals surface area contributed by atoms with Crippen molar-refractivity contribution >= 4 is 64.3 Å². The number of alkyl halides is 3. The Labute approximate surface area is 71.1 Å². The van der Waals surface area contributed by atoms with Gasteiger partial charge >= 0.3 is 71.7 Å². The predicted octanol–water partition coefficient (Wildman–Crippen LogP) is 1.61. The minimum atomic E-state index is 0.0625. The summed E-state index contributed by atoms with van der Waals surface area (Å²) in [6.45, 7) is 0. The van der Waals surface area contributed by atoms with Crippen LogP contribution in [-0.4, -0.2) is 18.7 Å². The first-order valence-electron chi connectivity index (χ1n) is 1.63. The van der Waals surface area contributed by atoms with Crippen molar-refractivity contribution in [2.24, 2.45) is 0 Å². The molecule has 0 unspecified atom stereocenters. The van der Waals surface area contributed by atoms with Crippen LogP contribution < -0.4 is 0 Å². The fourth-order valence-electron chi connectivity index (χ4n) is 0. The summed E-state index contributed by atoms with van der Waals surface area (Å²) in [6, 6.07) is 0. The molecule has 0 heterocycles. The zero-order chi connectivity index (χ0) is 5.21. The van der Waals surface area contributed by atoms with Gasteiger partial charge in [-0.1, -0.05) is 0 Å². The van der Waals surface area contributed by atoms with Gasteiger partial charge in [0.2, 0.25) is 0 Å². The van der Waals surface area contributed by atoms with Gasteiger partial charge in [-0.15, -0.1) is 0 Å². The van der Waals surface area contributed by atoms with Crippen LogP contribution in [0.3, 0.4) is 0 Å². The van der Waals surface area contributed by atoms with Gasteiger partial charge in [0.15, 0.2) is 0 Å². The summed E-state index contributed by atoms with van der Waals surface area (Å²) in [7, 11) is 0. The van der Waals surface area contributed by atoms with Crippen LogP contribution in [0.5, 0.6) is 0 Å². The van der Waals surface area contributed by atoms with E-state index in [4.69, 9.17) is 0 Å². The van der Waals surface area contributed by atoms with Gasteiger partial charge in [0.25, 0.3) is 0 Å². The second kappa shape index (κ2) is 3.10. The van der Waals surface area contributed by atoms with Crippen LogP contribution >= 0.6 is 47.8 Å². The second-order valence-corrected chi connectivity index (χ2v) is 9.71. The molecule has 0 aromatic heterocycles. The van der Waals surface area contributed by atoms with Crippen LogP contribution in [0, 0.1) is 0 Å². The topological polar surface area (TPSA) is 0 Å². The molecule has 0 spiro atoms. The molecule has 0 N–H and O–H groups in total. The third-order valence-corrected chi connectivity index (χ3v) is 10.8. The van der Waals surface area contributed by atoms with Gasteiger partial charge in [-0.2, -0.15) is 0 Å². The van der Waals surface area contributed by atoms with E-state index in [-0.39, 0.29) is 2.14 Å². The summed E-state index contributed by atoms with van der Waals surface area (Å²) in [5.74, 6) is 0. The maximum atomic E-state index is 3.36. The summed E-state index contributed by atoms with van der Waals surface area (Å²) in [5.41, 5.74) is 0. The molecular weight excluding hydrogens is 336 g/mol. The molecule has 0 bridgehead atoms. The standard InChI is InChI=1S/C2H5Br3Ge/c3-2(4,5)1-6/h1H2,6H3. The number of rotatable bonds is 0. The summed E-state index contributed by atoms with van der Waals surface area (Å²) in [6.07, 6.45) is 0. The molecule has 6 heavy (non-hydrogen) atoms. The van der Waals surface area contributed by atoms with Gasteiger partial charge in [-0.25, -0.2) is 0 Å². The van der Waals surface area contributed by atoms with E-state index in [1.54, 1.807) is 0 Å². The minimum absolute atomic E-state index is 0.0625. The van der Waals surface area contributed by atoms with Crippen molar-refractivity contribution in [2.45, 2.75) is 7.40 Å². The van der Waals surface area contributed by atoms with E-state index in [9.17, 15) is 0 Å². The van der Waals surface area contributed by atoms with E-state index >= 15 is 0 Å². The Morgan fingerprint density at radius 1 is 1.33 bits per heavy atom. The van der Waals surface area contributed by atoms with Crippen molar-refractivity contribution in [1.82, 2.24) is 0 Å². The molecular formula is C2H5Br3Ge. The molecule has 0 amide bonds. The zero-order valence-electron chi connectivity index (χ0n) is 3.34. The molecule has 0 fully saturated rings. The van der Waals surface area contributed by atoms with Crippen LogP contribution in [0.25, 0.3) is 0 Å². The van der Waals surface area contributed by atoms with Crippen molar-refractivity contribution in [3.8, 4) is 0 Å². The van der Waals surface area contributed by atoms with E-state index in [0.29, 0.717) is 0 Å². The number of hydrogen-bond acceptors (Lipinski definition) is 0. The first-order chi connectivity index (χ1) is 2.56. The van der Waals surface area contributed by atoms with Crippen LogP contribution in [0.2, 0.25) is 5.25 Å². The number of hydrogen-bond donors (Lipinski definition) is 0. The van der Waals surface area contributed by atoms with Gasteiger partial charge in [0.05, 0.1) is 0 Å². The van der Waals surface area contributed by atoms with Crippen LogP contribution in [0.1, 0.15) is 0 Å². The Balaban J connectivity index is 3.17. The fourth-order valence-corrected chi connectivity index (χ4v) is 0. The van der Waals surface area contributed by atoms with Gasteiger partial charge in [0, 0.05) is 0 Å². The monoisotopic (exact) mass is 340 g/mol. The van der Waals surface area contributed by atoms with Crippen LogP contribution in [-0.2, 0) is 0 Å². The first kappa shape index (κ1) is 7.98. The van der Waals surface area contributed by atoms with Gasteiger partial charge in [-0.05, 0) is 0 Å². The SMILES string of the molecule is [GeH3][CH2]C(Br)(Br)Br. The van der Waals surface area contributed by atoms with Crippen molar-refractivity contribution in [1.29, 1.82) is 0 Å². The molecule has 0 nitrogen and oxygen atoms in total. The first-order valence-corrected chi connectivity index (χ1v) is 6.97. The van der Waals surface area contributed by atoms with Crippen LogP contribution in [0.4, 0.5) is 0 Å². The average Bonchev–Trinajstić information content (AvgIpc) is 1.35. The zero-order valence-corrected chi connectivity index (χ0v) is 12.3. The molecule has 0 aromatic rings. The Hall–Kier alpha value is 1.98. The third kappa shape index (κ3) is 5.98. The third-order valence-electron chi connectivity index (χ3n) is 0.401. The fraction of sp³-hybridized carbons (Fsp3) is 1.00. The van der Waals surface area contributed by atoms with Gasteiger partial charge < -0.3 is 0 Å². The summed E-state index contributed by atoms with van der Waals surface area (Å²) < 4.78 is 0.0625. The summed E-state index contributed by atoms with van der Waals surface area (Å²) in [5, 5.41) is 1.21. The van der Waals surface area contributed by atoms with E-state index in [1.807, 2.05) is 0 Å². The molecule has 0 radical (unpaired) electrons. The van der Waals surface area contributed by atoms with Crippen LogP contribution in [0.15, 0.2) is 0 Å². The second-order valence-electron chi connectivity index (χ2n) is 0.969. The number of halogens is 3. The van der Waals surface area contributed by atoms with Crippen molar-refractivity contribution < 1.29 is 0 Å². The quantitative estimate of drug-likeness (QED) is 0.464.